The lowest BCUT2D eigenvalue weighted by atomic mass is 10.0. The molecule has 1 amide bonds. The van der Waals surface area contributed by atoms with E-state index in [4.69, 9.17) is 0 Å². The van der Waals surface area contributed by atoms with Crippen molar-refractivity contribution in [1.29, 1.82) is 0 Å². The zero-order valence-electron chi connectivity index (χ0n) is 14.1. The van der Waals surface area contributed by atoms with E-state index in [9.17, 15) is 13.2 Å². The first-order valence-corrected chi connectivity index (χ1v) is 11.3. The van der Waals surface area contributed by atoms with Gasteiger partial charge in [-0.15, -0.1) is 11.3 Å². The van der Waals surface area contributed by atoms with Gasteiger partial charge >= 0.3 is 0 Å². The van der Waals surface area contributed by atoms with Gasteiger partial charge in [0.1, 0.15) is 6.04 Å². The highest BCUT2D eigenvalue weighted by atomic mass is 32.2. The highest BCUT2D eigenvalue weighted by Gasteiger charge is 2.34. The highest BCUT2D eigenvalue weighted by molar-refractivity contribution is 7.88. The summed E-state index contributed by atoms with van der Waals surface area (Å²) in [5.74, 6) is 0.359. The Morgan fingerprint density at radius 2 is 2.08 bits per heavy atom. The van der Waals surface area contributed by atoms with Gasteiger partial charge in [0, 0.05) is 18.2 Å². The molecule has 1 saturated heterocycles. The minimum Gasteiger partial charge on any atom is -0.325 e. The van der Waals surface area contributed by atoms with Crippen LogP contribution in [-0.4, -0.2) is 42.5 Å². The second-order valence-electron chi connectivity index (χ2n) is 6.88. The summed E-state index contributed by atoms with van der Waals surface area (Å²) in [5, 5.41) is 4.07. The molecule has 1 aliphatic heterocycles. The van der Waals surface area contributed by atoms with Crippen molar-refractivity contribution >= 4 is 43.2 Å². The SMILES string of the molecule is CS(=O)(=O)N1CCCC[C@H]1C(=O)Nc1ccc2nc(C3CC3)sc2c1. The molecule has 2 aromatic rings. The third kappa shape index (κ3) is 3.56. The van der Waals surface area contributed by atoms with Gasteiger partial charge in [-0.25, -0.2) is 13.4 Å². The number of fused-ring (bicyclic) bond motifs is 1. The lowest BCUT2D eigenvalue weighted by Crippen LogP contribution is -2.49. The number of sulfonamides is 1. The minimum atomic E-state index is -3.38. The second-order valence-corrected chi connectivity index (χ2v) is 9.88. The molecule has 2 heterocycles. The molecule has 0 bridgehead atoms. The van der Waals surface area contributed by atoms with Crippen molar-refractivity contribution in [1.82, 2.24) is 9.29 Å². The van der Waals surface area contributed by atoms with Crippen molar-refractivity contribution in [2.75, 3.05) is 18.1 Å². The Morgan fingerprint density at radius 1 is 1.28 bits per heavy atom. The van der Waals surface area contributed by atoms with Crippen molar-refractivity contribution in [3.63, 3.8) is 0 Å². The Labute approximate surface area is 151 Å². The third-order valence-corrected chi connectivity index (χ3v) is 7.25. The first-order valence-electron chi connectivity index (χ1n) is 8.60. The predicted molar refractivity (Wildman–Crippen MR) is 99.4 cm³/mol. The van der Waals surface area contributed by atoms with Crippen LogP contribution in [0.3, 0.4) is 0 Å². The quantitative estimate of drug-likeness (QED) is 0.886. The zero-order chi connectivity index (χ0) is 17.6. The molecule has 4 rings (SSSR count). The predicted octanol–water partition coefficient (Wildman–Crippen LogP) is 2.93. The third-order valence-electron chi connectivity index (χ3n) is 4.78. The Kier molecular flexibility index (Phi) is 4.29. The van der Waals surface area contributed by atoms with E-state index in [0.29, 0.717) is 24.6 Å². The van der Waals surface area contributed by atoms with Crippen molar-refractivity contribution in [2.24, 2.45) is 0 Å². The molecule has 0 unspecified atom stereocenters. The van der Waals surface area contributed by atoms with Gasteiger partial charge < -0.3 is 5.32 Å². The van der Waals surface area contributed by atoms with Gasteiger partial charge in [-0.05, 0) is 43.9 Å². The molecule has 1 aromatic carbocycles. The first-order chi connectivity index (χ1) is 11.9. The van der Waals surface area contributed by atoms with Gasteiger partial charge in [-0.1, -0.05) is 6.42 Å². The van der Waals surface area contributed by atoms with E-state index in [1.54, 1.807) is 11.3 Å². The Morgan fingerprint density at radius 3 is 2.80 bits per heavy atom. The Hall–Kier alpha value is -1.51. The molecule has 2 fully saturated rings. The normalized spacial score (nSPS) is 22.2. The average Bonchev–Trinajstić information content (AvgIpc) is 3.34. The van der Waals surface area contributed by atoms with Gasteiger partial charge in [0.25, 0.3) is 0 Å². The number of nitrogens with one attached hydrogen (secondary N) is 1. The maximum Gasteiger partial charge on any atom is 0.242 e. The van der Waals surface area contributed by atoms with Crippen LogP contribution in [0, 0.1) is 0 Å². The van der Waals surface area contributed by atoms with Crippen LogP contribution in [-0.2, 0) is 14.8 Å². The van der Waals surface area contributed by atoms with Gasteiger partial charge in [-0.2, -0.15) is 4.31 Å². The van der Waals surface area contributed by atoms with Crippen LogP contribution < -0.4 is 5.32 Å². The van der Waals surface area contributed by atoms with Crippen LogP contribution in [0.5, 0.6) is 0 Å². The zero-order valence-corrected chi connectivity index (χ0v) is 15.7. The van der Waals surface area contributed by atoms with E-state index in [-0.39, 0.29) is 5.91 Å². The molecule has 6 nitrogen and oxygen atoms in total. The maximum absolute atomic E-state index is 12.7. The highest BCUT2D eigenvalue weighted by Crippen LogP contribution is 2.43. The summed E-state index contributed by atoms with van der Waals surface area (Å²) in [6.07, 6.45) is 5.82. The largest absolute Gasteiger partial charge is 0.325 e. The molecule has 0 spiro atoms. The van der Waals surface area contributed by atoms with Crippen molar-refractivity contribution in [2.45, 2.75) is 44.1 Å². The van der Waals surface area contributed by atoms with Crippen LogP contribution in [0.15, 0.2) is 18.2 Å². The molecular weight excluding hydrogens is 358 g/mol. The van der Waals surface area contributed by atoms with Crippen molar-refractivity contribution < 1.29 is 13.2 Å². The molecule has 1 saturated carbocycles. The summed E-state index contributed by atoms with van der Waals surface area (Å²) < 4.78 is 26.3. The molecule has 8 heteroatoms. The smallest absolute Gasteiger partial charge is 0.242 e. The molecule has 0 radical (unpaired) electrons. The maximum atomic E-state index is 12.7. The van der Waals surface area contributed by atoms with E-state index >= 15 is 0 Å². The summed E-state index contributed by atoms with van der Waals surface area (Å²) in [6.45, 7) is 0.412. The first kappa shape index (κ1) is 16.9. The van der Waals surface area contributed by atoms with Crippen LogP contribution in [0.2, 0.25) is 0 Å². The number of hydrogen-bond acceptors (Lipinski definition) is 5. The van der Waals surface area contributed by atoms with Crippen LogP contribution >= 0.6 is 11.3 Å². The van der Waals surface area contributed by atoms with Gasteiger partial charge in [0.15, 0.2) is 0 Å². The Balaban J connectivity index is 1.54. The van der Waals surface area contributed by atoms with E-state index in [1.165, 1.54) is 28.4 Å². The summed E-state index contributed by atoms with van der Waals surface area (Å²) in [6, 6.07) is 5.07. The molecule has 2 aliphatic rings. The lowest BCUT2D eigenvalue weighted by molar-refractivity contribution is -0.120. The van der Waals surface area contributed by atoms with E-state index in [2.05, 4.69) is 10.3 Å². The number of carbonyl (C=O) groups excluding carboxylic acids is 1. The average molecular weight is 380 g/mol. The van der Waals surface area contributed by atoms with E-state index in [1.807, 2.05) is 18.2 Å². The minimum absolute atomic E-state index is 0.253. The molecule has 1 aliphatic carbocycles. The number of benzene rings is 1. The summed E-state index contributed by atoms with van der Waals surface area (Å²) in [4.78, 5) is 17.3. The van der Waals surface area contributed by atoms with Crippen LogP contribution in [0.1, 0.15) is 43.0 Å². The number of hydrogen-bond donors (Lipinski definition) is 1. The van der Waals surface area contributed by atoms with Crippen molar-refractivity contribution in [3.05, 3.63) is 23.2 Å². The molecular formula is C17H21N3O3S2. The standard InChI is InChI=1S/C17H21N3O3S2/c1-25(22,23)20-9-3-2-4-14(20)16(21)18-12-7-8-13-15(10-12)24-17(19-13)11-5-6-11/h7-8,10-11,14H,2-6,9H2,1H3,(H,18,21)/t14-/m0/s1. The van der Waals surface area contributed by atoms with Crippen molar-refractivity contribution in [3.8, 4) is 0 Å². The number of carbonyl (C=O) groups is 1. The fourth-order valence-corrected chi connectivity index (χ4v) is 5.61. The fourth-order valence-electron chi connectivity index (χ4n) is 3.31. The van der Waals surface area contributed by atoms with E-state index in [0.717, 1.165) is 23.1 Å². The number of amides is 1. The second kappa shape index (κ2) is 6.34. The van der Waals surface area contributed by atoms with Gasteiger partial charge in [-0.3, -0.25) is 4.79 Å². The molecule has 1 N–H and O–H groups in total. The summed E-state index contributed by atoms with van der Waals surface area (Å²) in [7, 11) is -3.38. The van der Waals surface area contributed by atoms with Crippen LogP contribution in [0.25, 0.3) is 10.2 Å². The number of nitrogens with zero attached hydrogens (tertiary/aromatic N) is 2. The number of aromatic nitrogens is 1. The van der Waals surface area contributed by atoms with E-state index < -0.39 is 16.1 Å². The van der Waals surface area contributed by atoms with Gasteiger partial charge in [0.2, 0.25) is 15.9 Å². The number of piperidine rings is 1. The fraction of sp³-hybridized carbons (Fsp3) is 0.529. The van der Waals surface area contributed by atoms with Gasteiger partial charge in [0.05, 0.1) is 21.5 Å². The monoisotopic (exact) mass is 379 g/mol. The molecule has 1 aromatic heterocycles. The molecule has 25 heavy (non-hydrogen) atoms. The lowest BCUT2D eigenvalue weighted by Gasteiger charge is -2.32. The number of rotatable bonds is 4. The molecule has 1 atom stereocenters. The number of anilines is 1. The summed E-state index contributed by atoms with van der Waals surface area (Å²) in [5.41, 5.74) is 1.66. The van der Waals surface area contributed by atoms with Crippen LogP contribution in [0.4, 0.5) is 5.69 Å². The Bertz CT molecular complexity index is 918. The topological polar surface area (TPSA) is 79.4 Å². The molecule has 134 valence electrons. The summed E-state index contributed by atoms with van der Waals surface area (Å²) >= 11 is 1.68. The number of thiazole rings is 1.